The number of carbonyl (C=O) groups excluding carboxylic acids is 2. The molecule has 0 spiro atoms. The summed E-state index contributed by atoms with van der Waals surface area (Å²) >= 11 is 0. The minimum absolute atomic E-state index is 0.526. The average Bonchev–Trinajstić information content (AvgIpc) is 1.90. The molecule has 0 aliphatic rings. The number of likely N-dealkylation sites (N-methyl/N-ethyl adjacent to an activating group) is 1. The highest BCUT2D eigenvalue weighted by molar-refractivity contribution is 6.34. The van der Waals surface area contributed by atoms with Crippen molar-refractivity contribution < 1.29 is 9.59 Å². The summed E-state index contributed by atoms with van der Waals surface area (Å²) in [6.45, 7) is 4.64. The van der Waals surface area contributed by atoms with Crippen LogP contribution in [0.4, 0.5) is 0 Å². The molecule has 0 unspecified atom stereocenters. The van der Waals surface area contributed by atoms with Gasteiger partial charge in [-0.3, -0.25) is 9.59 Å². The van der Waals surface area contributed by atoms with Crippen LogP contribution < -0.4 is 5.73 Å². The van der Waals surface area contributed by atoms with Crippen LogP contribution in [0.5, 0.6) is 0 Å². The molecule has 0 atom stereocenters. The van der Waals surface area contributed by atoms with Gasteiger partial charge in [-0.2, -0.15) is 0 Å². The van der Waals surface area contributed by atoms with Crippen molar-refractivity contribution in [2.24, 2.45) is 5.73 Å². The fourth-order valence-corrected chi connectivity index (χ4v) is 0.667. The van der Waals surface area contributed by atoms with Gasteiger partial charge in [-0.05, 0) is 13.8 Å². The summed E-state index contributed by atoms with van der Waals surface area (Å²) in [7, 11) is 0. The summed E-state index contributed by atoms with van der Waals surface area (Å²) in [6.07, 6.45) is 0. The molecular weight excluding hydrogens is 132 g/mol. The summed E-state index contributed by atoms with van der Waals surface area (Å²) in [5.74, 6) is -1.49. The van der Waals surface area contributed by atoms with Crippen molar-refractivity contribution in [3.63, 3.8) is 0 Å². The molecule has 0 saturated carbocycles. The number of hydrogen-bond acceptors (Lipinski definition) is 2. The Morgan fingerprint density at radius 2 is 1.70 bits per heavy atom. The summed E-state index contributed by atoms with van der Waals surface area (Å²) in [6, 6.07) is 0. The second-order valence-electron chi connectivity index (χ2n) is 1.84. The van der Waals surface area contributed by atoms with Gasteiger partial charge in [0.25, 0.3) is 0 Å². The molecule has 0 saturated heterocycles. The third-order valence-corrected chi connectivity index (χ3v) is 1.26. The Labute approximate surface area is 60.0 Å². The van der Waals surface area contributed by atoms with Crippen molar-refractivity contribution in [2.45, 2.75) is 13.8 Å². The molecule has 0 fully saturated rings. The zero-order chi connectivity index (χ0) is 8.15. The van der Waals surface area contributed by atoms with Gasteiger partial charge in [0.05, 0.1) is 0 Å². The van der Waals surface area contributed by atoms with Gasteiger partial charge in [-0.15, -0.1) is 0 Å². The highest BCUT2D eigenvalue weighted by atomic mass is 16.2. The summed E-state index contributed by atoms with van der Waals surface area (Å²) in [5.41, 5.74) is 4.76. The lowest BCUT2D eigenvalue weighted by Crippen LogP contribution is -2.39. The zero-order valence-corrected chi connectivity index (χ0v) is 6.26. The Balaban J connectivity index is 4.02. The normalized spacial score (nSPS) is 9.00. The Morgan fingerprint density at radius 3 is 1.80 bits per heavy atom. The van der Waals surface area contributed by atoms with E-state index in [0.717, 1.165) is 0 Å². The van der Waals surface area contributed by atoms with Crippen LogP contribution in [-0.4, -0.2) is 29.8 Å². The second-order valence-corrected chi connectivity index (χ2v) is 1.84. The van der Waals surface area contributed by atoms with Crippen LogP contribution in [0.1, 0.15) is 13.8 Å². The van der Waals surface area contributed by atoms with Crippen LogP contribution >= 0.6 is 0 Å². The number of nitrogens with two attached hydrogens (primary N) is 1. The number of carbonyl (C=O) groups is 2. The van der Waals surface area contributed by atoms with Crippen LogP contribution in [0.3, 0.4) is 0 Å². The number of hydrogen-bond donors (Lipinski definition) is 1. The Morgan fingerprint density at radius 1 is 1.30 bits per heavy atom. The van der Waals surface area contributed by atoms with Gasteiger partial charge in [0.2, 0.25) is 0 Å². The Bertz CT molecular complexity index is 141. The fraction of sp³-hybridized carbons (Fsp3) is 0.667. The lowest BCUT2D eigenvalue weighted by Gasteiger charge is -2.15. The van der Waals surface area contributed by atoms with E-state index in [9.17, 15) is 9.59 Å². The van der Waals surface area contributed by atoms with Gasteiger partial charge < -0.3 is 10.6 Å². The molecule has 0 aromatic heterocycles. The third kappa shape index (κ3) is 2.05. The minimum Gasteiger partial charge on any atom is -0.361 e. The van der Waals surface area contributed by atoms with Crippen molar-refractivity contribution in [1.29, 1.82) is 0 Å². The van der Waals surface area contributed by atoms with Crippen LogP contribution in [0.25, 0.3) is 0 Å². The SMILES string of the molecule is CCN(CC)C(=O)C(N)=O. The molecule has 0 radical (unpaired) electrons. The van der Waals surface area contributed by atoms with E-state index in [2.05, 4.69) is 0 Å². The topological polar surface area (TPSA) is 63.4 Å². The summed E-state index contributed by atoms with van der Waals surface area (Å²) < 4.78 is 0. The minimum atomic E-state index is -0.885. The van der Waals surface area contributed by atoms with E-state index >= 15 is 0 Å². The molecule has 0 aromatic carbocycles. The number of nitrogens with zero attached hydrogens (tertiary/aromatic N) is 1. The molecule has 10 heavy (non-hydrogen) atoms. The van der Waals surface area contributed by atoms with E-state index in [1.165, 1.54) is 4.90 Å². The van der Waals surface area contributed by atoms with E-state index in [-0.39, 0.29) is 0 Å². The van der Waals surface area contributed by atoms with Crippen molar-refractivity contribution in [3.8, 4) is 0 Å². The largest absolute Gasteiger partial charge is 0.361 e. The predicted octanol–water partition coefficient (Wildman–Crippen LogP) is -0.660. The van der Waals surface area contributed by atoms with Crippen molar-refractivity contribution in [2.75, 3.05) is 13.1 Å². The van der Waals surface area contributed by atoms with Gasteiger partial charge in [0, 0.05) is 13.1 Å². The first-order chi connectivity index (χ1) is 4.63. The first-order valence-electron chi connectivity index (χ1n) is 3.22. The number of rotatable bonds is 2. The monoisotopic (exact) mass is 144 g/mol. The van der Waals surface area contributed by atoms with Crippen LogP contribution in [0.15, 0.2) is 0 Å². The van der Waals surface area contributed by atoms with E-state index in [1.54, 1.807) is 13.8 Å². The maximum Gasteiger partial charge on any atom is 0.311 e. The van der Waals surface area contributed by atoms with Gasteiger partial charge in [-0.25, -0.2) is 0 Å². The van der Waals surface area contributed by atoms with Crippen LogP contribution in [0, 0.1) is 0 Å². The quantitative estimate of drug-likeness (QED) is 0.523. The molecule has 2 amide bonds. The molecule has 0 aliphatic heterocycles. The second kappa shape index (κ2) is 3.87. The fourth-order valence-electron chi connectivity index (χ4n) is 0.667. The van der Waals surface area contributed by atoms with Crippen molar-refractivity contribution >= 4 is 11.8 Å². The lowest BCUT2D eigenvalue weighted by molar-refractivity contribution is -0.143. The smallest absolute Gasteiger partial charge is 0.311 e. The Kier molecular flexibility index (Phi) is 3.46. The third-order valence-electron chi connectivity index (χ3n) is 1.26. The van der Waals surface area contributed by atoms with E-state index in [1.807, 2.05) is 0 Å². The summed E-state index contributed by atoms with van der Waals surface area (Å²) in [5, 5.41) is 0. The lowest BCUT2D eigenvalue weighted by atomic mass is 10.4. The molecule has 4 nitrogen and oxygen atoms in total. The van der Waals surface area contributed by atoms with Crippen LogP contribution in [0.2, 0.25) is 0 Å². The maximum atomic E-state index is 10.8. The van der Waals surface area contributed by atoms with Gasteiger partial charge in [0.1, 0.15) is 0 Å². The highest BCUT2D eigenvalue weighted by Crippen LogP contribution is 1.86. The van der Waals surface area contributed by atoms with Crippen LogP contribution in [-0.2, 0) is 9.59 Å². The van der Waals surface area contributed by atoms with Gasteiger partial charge >= 0.3 is 11.8 Å². The maximum absolute atomic E-state index is 10.8. The van der Waals surface area contributed by atoms with E-state index in [0.29, 0.717) is 13.1 Å². The molecular formula is C6H12N2O2. The van der Waals surface area contributed by atoms with Crippen molar-refractivity contribution in [1.82, 2.24) is 4.90 Å². The van der Waals surface area contributed by atoms with Gasteiger partial charge in [0.15, 0.2) is 0 Å². The first-order valence-corrected chi connectivity index (χ1v) is 3.22. The van der Waals surface area contributed by atoms with E-state index < -0.39 is 11.8 Å². The standard InChI is InChI=1S/C6H12N2O2/c1-3-8(4-2)6(10)5(7)9/h3-4H2,1-2H3,(H2,7,9). The average molecular weight is 144 g/mol. The number of amides is 2. The molecule has 0 rings (SSSR count). The zero-order valence-electron chi connectivity index (χ0n) is 6.26. The summed E-state index contributed by atoms with van der Waals surface area (Å²) in [4.78, 5) is 22.4. The predicted molar refractivity (Wildman–Crippen MR) is 37.1 cm³/mol. The first kappa shape index (κ1) is 8.94. The molecule has 2 N–H and O–H groups in total. The molecule has 0 heterocycles. The van der Waals surface area contributed by atoms with Gasteiger partial charge in [-0.1, -0.05) is 0 Å². The highest BCUT2D eigenvalue weighted by Gasteiger charge is 2.14. The molecule has 4 heteroatoms. The molecule has 58 valence electrons. The molecule has 0 aliphatic carbocycles. The molecule has 0 aromatic rings. The number of primary amides is 1. The molecule has 0 bridgehead atoms. The Hall–Kier alpha value is -1.06. The van der Waals surface area contributed by atoms with Crippen molar-refractivity contribution in [3.05, 3.63) is 0 Å². The van der Waals surface area contributed by atoms with E-state index in [4.69, 9.17) is 5.73 Å².